The first-order chi connectivity index (χ1) is 9.58. The predicted octanol–water partition coefficient (Wildman–Crippen LogP) is 3.67. The molecule has 0 saturated carbocycles. The van der Waals surface area contributed by atoms with Crippen LogP contribution in [0.4, 0.5) is 5.13 Å². The molecule has 4 nitrogen and oxygen atoms in total. The molecule has 0 radical (unpaired) electrons. The first-order valence-corrected chi connectivity index (χ1v) is 7.87. The molecule has 0 spiro atoms. The summed E-state index contributed by atoms with van der Waals surface area (Å²) in [4.78, 5) is 16.1. The van der Waals surface area contributed by atoms with Crippen LogP contribution in [-0.2, 0) is 4.79 Å². The minimum Gasteiger partial charge on any atom is -0.361 e. The number of aromatic nitrogens is 1. The van der Waals surface area contributed by atoms with Crippen molar-refractivity contribution in [1.82, 2.24) is 10.3 Å². The van der Waals surface area contributed by atoms with E-state index in [4.69, 9.17) is 11.6 Å². The van der Waals surface area contributed by atoms with Gasteiger partial charge in [-0.1, -0.05) is 29.9 Å². The van der Waals surface area contributed by atoms with Crippen molar-refractivity contribution >= 4 is 44.2 Å². The third kappa shape index (κ3) is 4.08. The number of carbonyl (C=O) groups excluding carboxylic acids is 1. The molecule has 6 heteroatoms. The maximum atomic E-state index is 11.6. The van der Waals surface area contributed by atoms with Crippen LogP contribution in [0.5, 0.6) is 0 Å². The summed E-state index contributed by atoms with van der Waals surface area (Å²) >= 11 is 7.49. The number of anilines is 1. The quantitative estimate of drug-likeness (QED) is 0.856. The fourth-order valence-corrected chi connectivity index (χ4v) is 2.75. The van der Waals surface area contributed by atoms with E-state index in [1.165, 1.54) is 0 Å². The van der Waals surface area contributed by atoms with Crippen LogP contribution in [0.2, 0.25) is 5.02 Å². The fraction of sp³-hybridized carbons (Fsp3) is 0.429. The highest BCUT2D eigenvalue weighted by Crippen LogP contribution is 2.27. The van der Waals surface area contributed by atoms with E-state index in [0.717, 1.165) is 21.8 Å². The zero-order valence-electron chi connectivity index (χ0n) is 11.6. The normalized spacial score (nSPS) is 12.3. The second-order valence-electron chi connectivity index (χ2n) is 4.68. The Morgan fingerprint density at radius 1 is 1.50 bits per heavy atom. The van der Waals surface area contributed by atoms with Crippen molar-refractivity contribution in [2.75, 3.05) is 11.9 Å². The number of hydrogen-bond acceptors (Lipinski definition) is 4. The first kappa shape index (κ1) is 15.1. The topological polar surface area (TPSA) is 54.0 Å². The van der Waals surface area contributed by atoms with Crippen molar-refractivity contribution in [1.29, 1.82) is 0 Å². The van der Waals surface area contributed by atoms with Crippen LogP contribution in [0, 0.1) is 0 Å². The average molecular weight is 312 g/mol. The second-order valence-corrected chi connectivity index (χ2v) is 6.15. The van der Waals surface area contributed by atoms with Gasteiger partial charge in [-0.2, -0.15) is 0 Å². The van der Waals surface area contributed by atoms with Gasteiger partial charge in [-0.05, 0) is 31.5 Å². The summed E-state index contributed by atoms with van der Waals surface area (Å²) in [6.07, 6.45) is 1.39. The van der Waals surface area contributed by atoms with Crippen molar-refractivity contribution in [3.8, 4) is 0 Å². The van der Waals surface area contributed by atoms with Crippen LogP contribution in [0.15, 0.2) is 18.2 Å². The van der Waals surface area contributed by atoms with E-state index in [1.54, 1.807) is 11.3 Å². The number of thiazole rings is 1. The van der Waals surface area contributed by atoms with Crippen molar-refractivity contribution < 1.29 is 4.79 Å². The van der Waals surface area contributed by atoms with E-state index < -0.39 is 0 Å². The van der Waals surface area contributed by atoms with Gasteiger partial charge < -0.3 is 10.6 Å². The Bertz CT molecular complexity index is 599. The number of nitrogens with zero attached hydrogens (tertiary/aromatic N) is 1. The number of benzene rings is 1. The van der Waals surface area contributed by atoms with Gasteiger partial charge in [0.25, 0.3) is 0 Å². The van der Waals surface area contributed by atoms with Crippen LogP contribution in [0.3, 0.4) is 0 Å². The highest BCUT2D eigenvalue weighted by molar-refractivity contribution is 7.22. The van der Waals surface area contributed by atoms with Gasteiger partial charge in [0.15, 0.2) is 5.13 Å². The van der Waals surface area contributed by atoms with E-state index >= 15 is 0 Å². The van der Waals surface area contributed by atoms with E-state index in [2.05, 4.69) is 22.5 Å². The number of fused-ring (bicyclic) bond motifs is 1. The van der Waals surface area contributed by atoms with Crippen molar-refractivity contribution in [2.45, 2.75) is 32.7 Å². The summed E-state index contributed by atoms with van der Waals surface area (Å²) in [7, 11) is 0. The van der Waals surface area contributed by atoms with E-state index in [0.29, 0.717) is 18.0 Å². The summed E-state index contributed by atoms with van der Waals surface area (Å²) in [6.45, 7) is 4.63. The lowest BCUT2D eigenvalue weighted by Crippen LogP contribution is -2.32. The molecule has 1 unspecified atom stereocenters. The molecule has 0 aliphatic carbocycles. The molecule has 2 aromatic rings. The number of amides is 1. The number of hydrogen-bond donors (Lipinski definition) is 2. The zero-order valence-corrected chi connectivity index (χ0v) is 13.1. The predicted molar refractivity (Wildman–Crippen MR) is 85.6 cm³/mol. The summed E-state index contributed by atoms with van der Waals surface area (Å²) in [6, 6.07) is 5.88. The lowest BCUT2D eigenvalue weighted by atomic mass is 10.2. The molecule has 1 atom stereocenters. The van der Waals surface area contributed by atoms with Gasteiger partial charge in [-0.25, -0.2) is 4.98 Å². The maximum Gasteiger partial charge on any atom is 0.221 e. The third-order valence-corrected chi connectivity index (χ3v) is 4.23. The minimum atomic E-state index is 0.0657. The van der Waals surface area contributed by atoms with E-state index in [9.17, 15) is 4.79 Å². The highest BCUT2D eigenvalue weighted by atomic mass is 35.5. The number of carbonyl (C=O) groups is 1. The summed E-state index contributed by atoms with van der Waals surface area (Å²) < 4.78 is 1.08. The lowest BCUT2D eigenvalue weighted by molar-refractivity contribution is -0.121. The molecule has 1 aromatic carbocycles. The standard InChI is InChI=1S/C14H18ClN3OS/c1-3-9(2)17-13(19)6-7-16-14-18-11-8-10(15)4-5-12(11)20-14/h4-5,8-9H,3,6-7H2,1-2H3,(H,16,18)(H,17,19). The Morgan fingerprint density at radius 3 is 3.05 bits per heavy atom. The third-order valence-electron chi connectivity index (χ3n) is 3.00. The Labute approximate surface area is 127 Å². The molecular formula is C14H18ClN3OS. The van der Waals surface area contributed by atoms with Crippen LogP contribution in [0.1, 0.15) is 26.7 Å². The summed E-state index contributed by atoms with van der Waals surface area (Å²) in [5.41, 5.74) is 0.883. The molecule has 2 N–H and O–H groups in total. The van der Waals surface area contributed by atoms with E-state index in [1.807, 2.05) is 25.1 Å². The molecule has 0 aliphatic rings. The zero-order chi connectivity index (χ0) is 14.5. The van der Waals surface area contributed by atoms with E-state index in [-0.39, 0.29) is 11.9 Å². The number of nitrogens with one attached hydrogen (secondary N) is 2. The largest absolute Gasteiger partial charge is 0.361 e. The van der Waals surface area contributed by atoms with Crippen molar-refractivity contribution in [3.05, 3.63) is 23.2 Å². The maximum absolute atomic E-state index is 11.6. The monoisotopic (exact) mass is 311 g/mol. The molecule has 1 amide bonds. The second kappa shape index (κ2) is 6.90. The molecular weight excluding hydrogens is 294 g/mol. The summed E-state index contributed by atoms with van der Waals surface area (Å²) in [5.74, 6) is 0.0657. The van der Waals surface area contributed by atoms with Crippen LogP contribution in [0.25, 0.3) is 10.2 Å². The molecule has 0 aliphatic heterocycles. The van der Waals surface area contributed by atoms with Crippen molar-refractivity contribution in [2.24, 2.45) is 0 Å². The minimum absolute atomic E-state index is 0.0657. The van der Waals surface area contributed by atoms with Crippen LogP contribution < -0.4 is 10.6 Å². The molecule has 20 heavy (non-hydrogen) atoms. The molecule has 2 rings (SSSR count). The molecule has 1 heterocycles. The van der Waals surface area contributed by atoms with Crippen LogP contribution in [-0.4, -0.2) is 23.5 Å². The van der Waals surface area contributed by atoms with Gasteiger partial charge in [0.2, 0.25) is 5.91 Å². The molecule has 0 fully saturated rings. The van der Waals surface area contributed by atoms with Gasteiger partial charge in [0.1, 0.15) is 0 Å². The van der Waals surface area contributed by atoms with Gasteiger partial charge in [-0.3, -0.25) is 4.79 Å². The Morgan fingerprint density at radius 2 is 2.30 bits per heavy atom. The Hall–Kier alpha value is -1.33. The van der Waals surface area contributed by atoms with Gasteiger partial charge in [0.05, 0.1) is 10.2 Å². The number of rotatable bonds is 6. The lowest BCUT2D eigenvalue weighted by Gasteiger charge is -2.11. The van der Waals surface area contributed by atoms with Gasteiger partial charge in [0, 0.05) is 24.0 Å². The smallest absolute Gasteiger partial charge is 0.221 e. The molecule has 0 saturated heterocycles. The highest BCUT2D eigenvalue weighted by Gasteiger charge is 2.07. The first-order valence-electron chi connectivity index (χ1n) is 6.68. The fourth-order valence-electron chi connectivity index (χ4n) is 1.71. The Balaban J connectivity index is 1.85. The van der Waals surface area contributed by atoms with Gasteiger partial charge in [-0.15, -0.1) is 0 Å². The summed E-state index contributed by atoms with van der Waals surface area (Å²) in [5, 5.41) is 7.62. The average Bonchev–Trinajstić information content (AvgIpc) is 2.80. The van der Waals surface area contributed by atoms with Crippen molar-refractivity contribution in [3.63, 3.8) is 0 Å². The van der Waals surface area contributed by atoms with Gasteiger partial charge >= 0.3 is 0 Å². The molecule has 0 bridgehead atoms. The number of halogens is 1. The molecule has 108 valence electrons. The Kier molecular flexibility index (Phi) is 5.20. The molecule has 1 aromatic heterocycles. The SMILES string of the molecule is CCC(C)NC(=O)CCNc1nc2cc(Cl)ccc2s1. The van der Waals surface area contributed by atoms with Crippen LogP contribution >= 0.6 is 22.9 Å².